The van der Waals surface area contributed by atoms with Crippen LogP contribution in [0.2, 0.25) is 5.02 Å². The lowest BCUT2D eigenvalue weighted by Gasteiger charge is -2.25. The van der Waals surface area contributed by atoms with Gasteiger partial charge < -0.3 is 20.2 Å². The molecule has 2 amide bonds. The van der Waals surface area contributed by atoms with Crippen LogP contribution in [0.25, 0.3) is 0 Å². The van der Waals surface area contributed by atoms with Gasteiger partial charge in [0.2, 0.25) is 5.91 Å². The first-order valence-electron chi connectivity index (χ1n) is 8.62. The molecule has 3 N–H and O–H groups in total. The molecule has 1 saturated carbocycles. The molecule has 2 unspecified atom stereocenters. The molecular weight excluding hydrogens is 372 g/mol. The Morgan fingerprint density at radius 1 is 1.11 bits per heavy atom. The highest BCUT2D eigenvalue weighted by molar-refractivity contribution is 6.34. The average molecular weight is 391 g/mol. The van der Waals surface area contributed by atoms with Gasteiger partial charge >= 0.3 is 5.97 Å². The molecule has 27 heavy (non-hydrogen) atoms. The maximum Gasteiger partial charge on any atom is 0.306 e. The summed E-state index contributed by atoms with van der Waals surface area (Å²) in [5, 5.41) is 14.8. The van der Waals surface area contributed by atoms with Crippen LogP contribution in [0, 0.1) is 11.8 Å². The van der Waals surface area contributed by atoms with Crippen LogP contribution in [-0.2, 0) is 9.59 Å². The SMILES string of the molecule is O=C(Nc1ccc(NC(=O)C2CCCC(C(=O)O)C2)cc1Cl)c1ccco1. The zero-order valence-electron chi connectivity index (χ0n) is 14.4. The van der Waals surface area contributed by atoms with Gasteiger partial charge in [0.25, 0.3) is 5.91 Å². The third-order valence-corrected chi connectivity index (χ3v) is 4.94. The van der Waals surface area contributed by atoms with E-state index in [4.69, 9.17) is 21.1 Å². The van der Waals surface area contributed by atoms with Crippen molar-refractivity contribution in [3.63, 3.8) is 0 Å². The van der Waals surface area contributed by atoms with Crippen LogP contribution in [0.5, 0.6) is 0 Å². The summed E-state index contributed by atoms with van der Waals surface area (Å²) in [5.41, 5.74) is 0.873. The Morgan fingerprint density at radius 3 is 2.56 bits per heavy atom. The van der Waals surface area contributed by atoms with E-state index in [1.807, 2.05) is 0 Å². The number of carbonyl (C=O) groups is 3. The number of benzene rings is 1. The van der Waals surface area contributed by atoms with Gasteiger partial charge in [-0.25, -0.2) is 0 Å². The number of carbonyl (C=O) groups excluding carboxylic acids is 2. The quantitative estimate of drug-likeness (QED) is 0.714. The van der Waals surface area contributed by atoms with Crippen molar-refractivity contribution in [2.24, 2.45) is 11.8 Å². The summed E-state index contributed by atoms with van der Waals surface area (Å²) in [4.78, 5) is 35.6. The van der Waals surface area contributed by atoms with Gasteiger partial charge in [0.15, 0.2) is 5.76 Å². The second-order valence-corrected chi connectivity index (χ2v) is 6.92. The van der Waals surface area contributed by atoms with Gasteiger partial charge in [0.1, 0.15) is 0 Å². The molecule has 142 valence electrons. The average Bonchev–Trinajstić information content (AvgIpc) is 3.19. The van der Waals surface area contributed by atoms with Gasteiger partial charge in [0, 0.05) is 11.6 Å². The number of aliphatic carboxylic acids is 1. The van der Waals surface area contributed by atoms with Crippen LogP contribution < -0.4 is 10.6 Å². The van der Waals surface area contributed by atoms with Crippen molar-refractivity contribution in [3.8, 4) is 0 Å². The zero-order chi connectivity index (χ0) is 19.4. The van der Waals surface area contributed by atoms with Crippen molar-refractivity contribution in [1.29, 1.82) is 0 Å². The molecule has 0 spiro atoms. The first-order valence-corrected chi connectivity index (χ1v) is 9.00. The number of carboxylic acid groups (broad SMARTS) is 1. The number of rotatable bonds is 5. The summed E-state index contributed by atoms with van der Waals surface area (Å²) in [6.45, 7) is 0. The number of anilines is 2. The number of hydrogen-bond donors (Lipinski definition) is 3. The summed E-state index contributed by atoms with van der Waals surface area (Å²) in [7, 11) is 0. The highest BCUT2D eigenvalue weighted by Gasteiger charge is 2.31. The molecule has 1 aromatic carbocycles. The number of hydrogen-bond acceptors (Lipinski definition) is 4. The Labute approximate surface area is 160 Å². The minimum absolute atomic E-state index is 0.161. The lowest BCUT2D eigenvalue weighted by molar-refractivity contribution is -0.143. The highest BCUT2D eigenvalue weighted by atomic mass is 35.5. The van der Waals surface area contributed by atoms with Gasteiger partial charge in [-0.3, -0.25) is 14.4 Å². The Morgan fingerprint density at radius 2 is 1.89 bits per heavy atom. The van der Waals surface area contributed by atoms with Crippen molar-refractivity contribution in [2.75, 3.05) is 10.6 Å². The fourth-order valence-electron chi connectivity index (χ4n) is 3.18. The van der Waals surface area contributed by atoms with Crippen LogP contribution in [0.1, 0.15) is 36.2 Å². The minimum atomic E-state index is -0.854. The van der Waals surface area contributed by atoms with E-state index in [1.54, 1.807) is 18.2 Å². The molecule has 1 aliphatic carbocycles. The van der Waals surface area contributed by atoms with Crippen molar-refractivity contribution < 1.29 is 23.9 Å². The normalized spacial score (nSPS) is 19.3. The molecule has 1 heterocycles. The molecule has 2 atom stereocenters. The van der Waals surface area contributed by atoms with E-state index >= 15 is 0 Å². The molecule has 0 radical (unpaired) electrons. The van der Waals surface area contributed by atoms with E-state index < -0.39 is 17.8 Å². The van der Waals surface area contributed by atoms with Crippen molar-refractivity contribution in [2.45, 2.75) is 25.7 Å². The standard InChI is InChI=1S/C19H19ClN2O5/c20-14-10-13(6-7-15(14)22-18(24)16-5-2-8-27-16)21-17(23)11-3-1-4-12(9-11)19(25)26/h2,5-8,10-12H,1,3-4,9H2,(H,21,23)(H,22,24)(H,25,26). The third-order valence-electron chi connectivity index (χ3n) is 4.62. The monoisotopic (exact) mass is 390 g/mol. The molecule has 7 nitrogen and oxygen atoms in total. The number of carboxylic acids is 1. The lowest BCUT2D eigenvalue weighted by atomic mass is 9.81. The number of halogens is 1. The molecule has 1 aromatic heterocycles. The fourth-order valence-corrected chi connectivity index (χ4v) is 3.41. The molecule has 3 rings (SSSR count). The van der Waals surface area contributed by atoms with Gasteiger partial charge in [-0.05, 0) is 49.6 Å². The van der Waals surface area contributed by atoms with E-state index in [1.165, 1.54) is 18.4 Å². The Bertz CT molecular complexity index is 850. The summed E-state index contributed by atoms with van der Waals surface area (Å²) in [6.07, 6.45) is 3.73. The van der Waals surface area contributed by atoms with Gasteiger partial charge in [-0.15, -0.1) is 0 Å². The lowest BCUT2D eigenvalue weighted by Crippen LogP contribution is -2.30. The van der Waals surface area contributed by atoms with Crippen LogP contribution in [0.3, 0.4) is 0 Å². The second kappa shape index (κ2) is 8.26. The van der Waals surface area contributed by atoms with Crippen molar-refractivity contribution >= 4 is 40.8 Å². The van der Waals surface area contributed by atoms with Crippen molar-refractivity contribution in [1.82, 2.24) is 0 Å². The van der Waals surface area contributed by atoms with E-state index in [0.717, 1.165) is 0 Å². The van der Waals surface area contributed by atoms with Gasteiger partial charge in [-0.1, -0.05) is 18.0 Å². The molecule has 1 fully saturated rings. The molecular formula is C19H19ClN2O5. The molecule has 1 aliphatic rings. The topological polar surface area (TPSA) is 109 Å². The first kappa shape index (κ1) is 19.0. The molecule has 0 bridgehead atoms. The first-order chi connectivity index (χ1) is 12.9. The maximum absolute atomic E-state index is 12.4. The molecule has 2 aromatic rings. The summed E-state index contributed by atoms with van der Waals surface area (Å²) < 4.78 is 5.02. The fraction of sp³-hybridized carbons (Fsp3) is 0.316. The minimum Gasteiger partial charge on any atom is -0.481 e. The summed E-state index contributed by atoms with van der Waals surface area (Å²) >= 11 is 6.19. The summed E-state index contributed by atoms with van der Waals surface area (Å²) in [6, 6.07) is 7.88. The Kier molecular flexibility index (Phi) is 5.81. The van der Waals surface area contributed by atoms with Crippen molar-refractivity contribution in [3.05, 3.63) is 47.4 Å². The zero-order valence-corrected chi connectivity index (χ0v) is 15.2. The van der Waals surface area contributed by atoms with Crippen LogP contribution in [-0.4, -0.2) is 22.9 Å². The van der Waals surface area contributed by atoms with Gasteiger partial charge in [0.05, 0.1) is 22.9 Å². The van der Waals surface area contributed by atoms with E-state index in [0.29, 0.717) is 37.1 Å². The van der Waals surface area contributed by atoms with Crippen LogP contribution in [0.15, 0.2) is 41.0 Å². The number of amides is 2. The second-order valence-electron chi connectivity index (χ2n) is 6.51. The Balaban J connectivity index is 1.62. The highest BCUT2D eigenvalue weighted by Crippen LogP contribution is 2.31. The van der Waals surface area contributed by atoms with Crippen LogP contribution in [0.4, 0.5) is 11.4 Å². The third kappa shape index (κ3) is 4.68. The number of furan rings is 1. The largest absolute Gasteiger partial charge is 0.481 e. The number of nitrogens with one attached hydrogen (secondary N) is 2. The maximum atomic E-state index is 12.4. The van der Waals surface area contributed by atoms with E-state index in [-0.39, 0.29) is 22.6 Å². The summed E-state index contributed by atoms with van der Waals surface area (Å²) in [5.74, 6) is -2.15. The smallest absolute Gasteiger partial charge is 0.306 e. The van der Waals surface area contributed by atoms with Gasteiger partial charge in [-0.2, -0.15) is 0 Å². The Hall–Kier alpha value is -2.80. The molecule has 8 heteroatoms. The molecule has 0 saturated heterocycles. The van der Waals surface area contributed by atoms with E-state index in [2.05, 4.69) is 10.6 Å². The molecule has 0 aliphatic heterocycles. The predicted octanol–water partition coefficient (Wildman–Crippen LogP) is 4.01. The predicted molar refractivity (Wildman–Crippen MR) is 99.8 cm³/mol. The van der Waals surface area contributed by atoms with Crippen LogP contribution >= 0.6 is 11.6 Å². The van der Waals surface area contributed by atoms with E-state index in [9.17, 15) is 14.4 Å².